The molecule has 0 bridgehead atoms. The van der Waals surface area contributed by atoms with Crippen LogP contribution >= 0.6 is 0 Å². The Morgan fingerprint density at radius 1 is 0.962 bits per heavy atom. The first-order valence-electron chi connectivity index (χ1n) is 9.18. The molecule has 0 aliphatic rings. The van der Waals surface area contributed by atoms with Gasteiger partial charge in [-0.2, -0.15) is 15.0 Å². The monoisotopic (exact) mass is 350 g/mol. The van der Waals surface area contributed by atoms with Gasteiger partial charge in [0.1, 0.15) is 11.4 Å². The molecule has 0 aliphatic heterocycles. The third-order valence-electron chi connectivity index (χ3n) is 4.08. The molecular formula is C21H26N4O. The molecule has 136 valence electrons. The number of rotatable bonds is 10. The van der Waals surface area contributed by atoms with Gasteiger partial charge in [0, 0.05) is 25.3 Å². The average Bonchev–Trinajstić information content (AvgIpc) is 3.08. The maximum atomic E-state index is 5.38. The molecule has 0 spiro atoms. The van der Waals surface area contributed by atoms with E-state index in [4.69, 9.17) is 14.9 Å². The minimum atomic E-state index is 0.672. The molecule has 5 heteroatoms. The molecule has 1 aromatic heterocycles. The van der Waals surface area contributed by atoms with Crippen molar-refractivity contribution in [1.82, 2.24) is 20.3 Å². The third-order valence-corrected chi connectivity index (χ3v) is 4.08. The third kappa shape index (κ3) is 5.25. The van der Waals surface area contributed by atoms with Crippen LogP contribution in [-0.2, 0) is 17.8 Å². The fraction of sp³-hybridized carbons (Fsp3) is 0.333. The van der Waals surface area contributed by atoms with Crippen LogP contribution in [0.25, 0.3) is 11.3 Å². The quantitative estimate of drug-likeness (QED) is 0.569. The molecule has 0 fully saturated rings. The lowest BCUT2D eigenvalue weighted by Crippen LogP contribution is -2.17. The number of nitrogens with one attached hydrogen (secondary N) is 1. The van der Waals surface area contributed by atoms with E-state index in [1.54, 1.807) is 4.80 Å². The van der Waals surface area contributed by atoms with E-state index in [0.717, 1.165) is 43.1 Å². The fourth-order valence-electron chi connectivity index (χ4n) is 2.79. The summed E-state index contributed by atoms with van der Waals surface area (Å²) < 4.78 is 5.38. The zero-order valence-corrected chi connectivity index (χ0v) is 15.3. The molecule has 3 rings (SSSR count). The van der Waals surface area contributed by atoms with E-state index in [1.165, 1.54) is 5.56 Å². The Balaban J connectivity index is 1.71. The molecule has 1 heterocycles. The molecule has 0 saturated heterocycles. The Morgan fingerprint density at radius 3 is 2.42 bits per heavy atom. The Hall–Kier alpha value is -2.50. The summed E-state index contributed by atoms with van der Waals surface area (Å²) in [6, 6.07) is 20.5. The largest absolute Gasteiger partial charge is 0.382 e. The number of hydrogen-bond donors (Lipinski definition) is 1. The van der Waals surface area contributed by atoms with Gasteiger partial charge < -0.3 is 10.1 Å². The van der Waals surface area contributed by atoms with Crippen LogP contribution in [0.2, 0.25) is 0 Å². The van der Waals surface area contributed by atoms with Crippen molar-refractivity contribution in [2.24, 2.45) is 0 Å². The van der Waals surface area contributed by atoms with Crippen molar-refractivity contribution in [3.8, 4) is 11.3 Å². The molecular weight excluding hydrogens is 324 g/mol. The molecule has 1 N–H and O–H groups in total. The van der Waals surface area contributed by atoms with Gasteiger partial charge in [-0.05, 0) is 25.5 Å². The first-order valence-corrected chi connectivity index (χ1v) is 9.18. The van der Waals surface area contributed by atoms with Gasteiger partial charge in [0.05, 0.1) is 6.54 Å². The molecule has 26 heavy (non-hydrogen) atoms. The molecule has 3 aromatic rings. The van der Waals surface area contributed by atoms with Crippen LogP contribution in [0.5, 0.6) is 0 Å². The van der Waals surface area contributed by atoms with Crippen molar-refractivity contribution >= 4 is 0 Å². The molecule has 2 aromatic carbocycles. The Kier molecular flexibility index (Phi) is 6.93. The highest BCUT2D eigenvalue weighted by molar-refractivity contribution is 5.60. The smallest absolute Gasteiger partial charge is 0.117 e. The summed E-state index contributed by atoms with van der Waals surface area (Å²) in [5.41, 5.74) is 4.21. The van der Waals surface area contributed by atoms with Crippen molar-refractivity contribution in [2.45, 2.75) is 26.4 Å². The highest BCUT2D eigenvalue weighted by Crippen LogP contribution is 2.20. The number of ether oxygens (including phenoxy) is 1. The van der Waals surface area contributed by atoms with Crippen LogP contribution in [0.15, 0.2) is 60.7 Å². The van der Waals surface area contributed by atoms with E-state index in [0.29, 0.717) is 13.1 Å². The summed E-state index contributed by atoms with van der Waals surface area (Å²) in [6.45, 7) is 5.85. The fourth-order valence-corrected chi connectivity index (χ4v) is 2.79. The SMILES string of the molecule is CCOCCCNCc1nn(Cc2ccccc2)nc1-c1ccccc1. The Labute approximate surface area is 155 Å². The van der Waals surface area contributed by atoms with E-state index < -0.39 is 0 Å². The Bertz CT molecular complexity index is 771. The highest BCUT2D eigenvalue weighted by atomic mass is 16.5. The second kappa shape index (κ2) is 9.85. The molecule has 0 aliphatic carbocycles. The molecule has 0 amide bonds. The number of hydrogen-bond acceptors (Lipinski definition) is 4. The van der Waals surface area contributed by atoms with Crippen molar-refractivity contribution < 1.29 is 4.74 Å². The van der Waals surface area contributed by atoms with Gasteiger partial charge in [0.2, 0.25) is 0 Å². The number of aromatic nitrogens is 3. The second-order valence-electron chi connectivity index (χ2n) is 6.10. The average molecular weight is 350 g/mol. The van der Waals surface area contributed by atoms with Crippen molar-refractivity contribution in [3.63, 3.8) is 0 Å². The van der Waals surface area contributed by atoms with Crippen LogP contribution in [0.4, 0.5) is 0 Å². The maximum absolute atomic E-state index is 5.38. The Morgan fingerprint density at radius 2 is 1.69 bits per heavy atom. The van der Waals surface area contributed by atoms with Gasteiger partial charge in [-0.15, -0.1) is 0 Å². The van der Waals surface area contributed by atoms with Gasteiger partial charge in [-0.3, -0.25) is 0 Å². The summed E-state index contributed by atoms with van der Waals surface area (Å²) in [4.78, 5) is 1.79. The normalized spacial score (nSPS) is 11.0. The van der Waals surface area contributed by atoms with Gasteiger partial charge in [-0.1, -0.05) is 60.7 Å². The second-order valence-corrected chi connectivity index (χ2v) is 6.10. The molecule has 0 unspecified atom stereocenters. The van der Waals surface area contributed by atoms with Crippen LogP contribution in [0.1, 0.15) is 24.6 Å². The van der Waals surface area contributed by atoms with Crippen LogP contribution < -0.4 is 5.32 Å². The van der Waals surface area contributed by atoms with Crippen molar-refractivity contribution in [2.75, 3.05) is 19.8 Å². The van der Waals surface area contributed by atoms with Crippen molar-refractivity contribution in [1.29, 1.82) is 0 Å². The summed E-state index contributed by atoms with van der Waals surface area (Å²) in [6.07, 6.45) is 0.993. The number of benzene rings is 2. The van der Waals surface area contributed by atoms with E-state index in [-0.39, 0.29) is 0 Å². The molecule has 5 nitrogen and oxygen atoms in total. The van der Waals surface area contributed by atoms with Gasteiger partial charge in [0.25, 0.3) is 0 Å². The highest BCUT2D eigenvalue weighted by Gasteiger charge is 2.13. The first-order chi connectivity index (χ1) is 12.9. The summed E-state index contributed by atoms with van der Waals surface area (Å²) >= 11 is 0. The zero-order valence-electron chi connectivity index (χ0n) is 15.3. The minimum Gasteiger partial charge on any atom is -0.382 e. The number of nitrogens with zero attached hydrogens (tertiary/aromatic N) is 3. The molecule has 0 atom stereocenters. The predicted molar refractivity (Wildman–Crippen MR) is 104 cm³/mol. The first kappa shape index (κ1) is 18.3. The lowest BCUT2D eigenvalue weighted by atomic mass is 10.1. The maximum Gasteiger partial charge on any atom is 0.117 e. The molecule has 0 radical (unpaired) electrons. The lowest BCUT2D eigenvalue weighted by molar-refractivity contribution is 0.144. The lowest BCUT2D eigenvalue weighted by Gasteiger charge is -2.04. The summed E-state index contributed by atoms with van der Waals surface area (Å²) in [5, 5.41) is 12.9. The zero-order chi connectivity index (χ0) is 18.0. The predicted octanol–water partition coefficient (Wildman–Crippen LogP) is 3.51. The standard InChI is InChI=1S/C21H26N4O/c1-2-26-15-9-14-22-16-20-21(19-12-7-4-8-13-19)24-25(23-20)17-18-10-5-3-6-11-18/h3-8,10-13,22H,2,9,14-17H2,1H3. The van der Waals surface area contributed by atoms with Crippen LogP contribution in [0, 0.1) is 0 Å². The van der Waals surface area contributed by atoms with E-state index in [9.17, 15) is 0 Å². The topological polar surface area (TPSA) is 52.0 Å². The van der Waals surface area contributed by atoms with Gasteiger partial charge >= 0.3 is 0 Å². The van der Waals surface area contributed by atoms with E-state index in [1.807, 2.05) is 43.3 Å². The van der Waals surface area contributed by atoms with Gasteiger partial charge in [-0.25, -0.2) is 0 Å². The van der Waals surface area contributed by atoms with E-state index in [2.05, 4.69) is 29.6 Å². The van der Waals surface area contributed by atoms with Crippen LogP contribution in [-0.4, -0.2) is 34.8 Å². The van der Waals surface area contributed by atoms with Gasteiger partial charge in [0.15, 0.2) is 0 Å². The minimum absolute atomic E-state index is 0.672. The molecule has 0 saturated carbocycles. The van der Waals surface area contributed by atoms with Crippen LogP contribution in [0.3, 0.4) is 0 Å². The summed E-state index contributed by atoms with van der Waals surface area (Å²) in [5.74, 6) is 0. The van der Waals surface area contributed by atoms with E-state index >= 15 is 0 Å². The van der Waals surface area contributed by atoms with Crippen molar-refractivity contribution in [3.05, 3.63) is 71.9 Å². The summed E-state index contributed by atoms with van der Waals surface area (Å²) in [7, 11) is 0.